The van der Waals surface area contributed by atoms with E-state index in [1.165, 1.54) is 0 Å². The van der Waals surface area contributed by atoms with Crippen LogP contribution in [-0.4, -0.2) is 37.3 Å². The number of aliphatic hydroxyl groups is 1. The van der Waals surface area contributed by atoms with Crippen LogP contribution in [0.2, 0.25) is 0 Å². The first-order valence-corrected chi connectivity index (χ1v) is 9.02. The van der Waals surface area contributed by atoms with Crippen molar-refractivity contribution in [2.75, 3.05) is 18.2 Å². The fourth-order valence-corrected chi connectivity index (χ4v) is 4.00. The topological polar surface area (TPSA) is 66.4 Å². The minimum Gasteiger partial charge on any atom is -0.389 e. The number of alkyl halides is 1. The van der Waals surface area contributed by atoms with Gasteiger partial charge in [0, 0.05) is 12.4 Å². The summed E-state index contributed by atoms with van der Waals surface area (Å²) in [6, 6.07) is 0. The SMILES string of the molecule is CC(CCl)CS(=O)(=O)NCC1(O)CCC(C)(C)CC1. The highest BCUT2D eigenvalue weighted by molar-refractivity contribution is 7.89. The number of hydrogen-bond acceptors (Lipinski definition) is 3. The molecular formula is C13H26ClNO3S. The Hall–Kier alpha value is 0.160. The summed E-state index contributed by atoms with van der Waals surface area (Å²) in [5, 5.41) is 10.4. The number of nitrogens with one attached hydrogen (secondary N) is 1. The second-order valence-electron chi connectivity index (χ2n) is 6.75. The molecule has 1 atom stereocenters. The standard InChI is InChI=1S/C13H26ClNO3S/c1-11(8-14)9-19(17,18)15-10-13(16)6-4-12(2,3)5-7-13/h11,15-16H,4-10H2,1-3H3. The maximum atomic E-state index is 11.8. The smallest absolute Gasteiger partial charge is 0.211 e. The quantitative estimate of drug-likeness (QED) is 0.738. The normalized spacial score (nSPS) is 24.1. The van der Waals surface area contributed by atoms with Crippen molar-refractivity contribution < 1.29 is 13.5 Å². The van der Waals surface area contributed by atoms with Crippen molar-refractivity contribution in [2.24, 2.45) is 11.3 Å². The van der Waals surface area contributed by atoms with Gasteiger partial charge < -0.3 is 5.11 Å². The van der Waals surface area contributed by atoms with Crippen molar-refractivity contribution >= 4 is 21.6 Å². The average molecular weight is 312 g/mol. The minimum atomic E-state index is -3.35. The van der Waals surface area contributed by atoms with Crippen molar-refractivity contribution in [1.29, 1.82) is 0 Å². The van der Waals surface area contributed by atoms with E-state index in [1.807, 2.05) is 0 Å². The minimum absolute atomic E-state index is 0.0120. The lowest BCUT2D eigenvalue weighted by Gasteiger charge is -2.40. The Morgan fingerprint density at radius 2 is 1.79 bits per heavy atom. The molecule has 2 N–H and O–H groups in total. The van der Waals surface area contributed by atoms with E-state index in [4.69, 9.17) is 11.6 Å². The largest absolute Gasteiger partial charge is 0.389 e. The zero-order chi connectivity index (χ0) is 14.7. The van der Waals surface area contributed by atoms with Gasteiger partial charge in [0.25, 0.3) is 0 Å². The van der Waals surface area contributed by atoms with Crippen molar-refractivity contribution in [2.45, 2.75) is 52.1 Å². The highest BCUT2D eigenvalue weighted by Gasteiger charge is 2.37. The Morgan fingerprint density at radius 1 is 1.26 bits per heavy atom. The molecular weight excluding hydrogens is 286 g/mol. The third kappa shape index (κ3) is 5.98. The van der Waals surface area contributed by atoms with Crippen molar-refractivity contribution in [3.8, 4) is 0 Å². The molecule has 0 aromatic carbocycles. The van der Waals surface area contributed by atoms with Crippen LogP contribution in [0.4, 0.5) is 0 Å². The van der Waals surface area contributed by atoms with Crippen molar-refractivity contribution in [1.82, 2.24) is 4.72 Å². The van der Waals surface area contributed by atoms with Crippen LogP contribution in [0.3, 0.4) is 0 Å². The molecule has 1 fully saturated rings. The molecule has 1 rings (SSSR count). The Morgan fingerprint density at radius 3 is 2.26 bits per heavy atom. The van der Waals surface area contributed by atoms with E-state index in [0.29, 0.717) is 18.7 Å². The predicted octanol–water partition coefficient (Wildman–Crippen LogP) is 2.11. The number of rotatable bonds is 6. The molecule has 0 aromatic heterocycles. The van der Waals surface area contributed by atoms with Crippen LogP contribution in [-0.2, 0) is 10.0 Å². The van der Waals surface area contributed by atoms with Gasteiger partial charge in [-0.1, -0.05) is 20.8 Å². The van der Waals surface area contributed by atoms with Crippen LogP contribution < -0.4 is 4.72 Å². The second-order valence-corrected chi connectivity index (χ2v) is 8.91. The summed E-state index contributed by atoms with van der Waals surface area (Å²) < 4.78 is 26.2. The molecule has 0 radical (unpaired) electrons. The molecule has 0 aliphatic heterocycles. The molecule has 114 valence electrons. The lowest BCUT2D eigenvalue weighted by atomic mass is 9.71. The van der Waals surface area contributed by atoms with Gasteiger partial charge in [-0.3, -0.25) is 0 Å². The molecule has 0 bridgehead atoms. The van der Waals surface area contributed by atoms with Crippen molar-refractivity contribution in [3.05, 3.63) is 0 Å². The van der Waals surface area contributed by atoms with Crippen molar-refractivity contribution in [3.63, 3.8) is 0 Å². The van der Waals surface area contributed by atoms with Gasteiger partial charge in [-0.2, -0.15) is 0 Å². The van der Waals surface area contributed by atoms with Gasteiger partial charge in [-0.15, -0.1) is 11.6 Å². The molecule has 1 aliphatic carbocycles. The number of halogens is 1. The molecule has 1 saturated carbocycles. The lowest BCUT2D eigenvalue weighted by Crippen LogP contribution is -2.47. The Labute approximate surface area is 122 Å². The van der Waals surface area contributed by atoms with E-state index in [9.17, 15) is 13.5 Å². The summed E-state index contributed by atoms with van der Waals surface area (Å²) >= 11 is 5.62. The van der Waals surface area contributed by atoms with Crippen LogP contribution in [0.25, 0.3) is 0 Å². The summed E-state index contributed by atoms with van der Waals surface area (Å²) in [6.07, 6.45) is 3.13. The summed E-state index contributed by atoms with van der Waals surface area (Å²) in [7, 11) is -3.35. The predicted molar refractivity (Wildman–Crippen MR) is 78.9 cm³/mol. The van der Waals surface area contributed by atoms with Crippen LogP contribution in [0.15, 0.2) is 0 Å². The molecule has 0 saturated heterocycles. The summed E-state index contributed by atoms with van der Waals surface area (Å²) in [5.41, 5.74) is -0.648. The lowest BCUT2D eigenvalue weighted by molar-refractivity contribution is -0.0205. The zero-order valence-electron chi connectivity index (χ0n) is 12.1. The highest BCUT2D eigenvalue weighted by Crippen LogP contribution is 2.39. The van der Waals surface area contributed by atoms with E-state index in [1.54, 1.807) is 6.92 Å². The molecule has 0 spiro atoms. The molecule has 19 heavy (non-hydrogen) atoms. The zero-order valence-corrected chi connectivity index (χ0v) is 13.6. The summed E-state index contributed by atoms with van der Waals surface area (Å²) in [4.78, 5) is 0. The van der Waals surface area contributed by atoms with Crippen LogP contribution in [0, 0.1) is 11.3 Å². The van der Waals surface area contributed by atoms with Crippen LogP contribution >= 0.6 is 11.6 Å². The molecule has 0 amide bonds. The van der Waals surface area contributed by atoms with E-state index >= 15 is 0 Å². The highest BCUT2D eigenvalue weighted by atomic mass is 35.5. The van der Waals surface area contributed by atoms with Gasteiger partial charge >= 0.3 is 0 Å². The fourth-order valence-electron chi connectivity index (χ4n) is 2.29. The van der Waals surface area contributed by atoms with E-state index < -0.39 is 15.6 Å². The third-order valence-electron chi connectivity index (χ3n) is 3.92. The molecule has 6 heteroatoms. The maximum absolute atomic E-state index is 11.8. The Bertz CT molecular complexity index is 385. The molecule has 0 aromatic rings. The summed E-state index contributed by atoms with van der Waals surface area (Å²) in [5.74, 6) is 0.247. The molecule has 4 nitrogen and oxygen atoms in total. The summed E-state index contributed by atoms with van der Waals surface area (Å²) in [6.45, 7) is 6.27. The first-order chi connectivity index (χ1) is 8.58. The van der Waals surface area contributed by atoms with Crippen LogP contribution in [0.1, 0.15) is 46.5 Å². The monoisotopic (exact) mass is 311 g/mol. The average Bonchev–Trinajstić information content (AvgIpc) is 2.31. The fraction of sp³-hybridized carbons (Fsp3) is 1.00. The Kier molecular flexibility index (Phi) is 5.70. The van der Waals surface area contributed by atoms with Gasteiger partial charge in [0.2, 0.25) is 10.0 Å². The maximum Gasteiger partial charge on any atom is 0.211 e. The molecule has 1 aliphatic rings. The second kappa shape index (κ2) is 6.29. The van der Waals surface area contributed by atoms with Gasteiger partial charge in [0.15, 0.2) is 0 Å². The first-order valence-electron chi connectivity index (χ1n) is 6.83. The van der Waals surface area contributed by atoms with Crippen LogP contribution in [0.5, 0.6) is 0 Å². The van der Waals surface area contributed by atoms with E-state index in [-0.39, 0.29) is 23.6 Å². The van der Waals surface area contributed by atoms with E-state index in [2.05, 4.69) is 18.6 Å². The first kappa shape index (κ1) is 17.2. The van der Waals surface area contributed by atoms with E-state index in [0.717, 1.165) is 12.8 Å². The molecule has 0 heterocycles. The van der Waals surface area contributed by atoms with Gasteiger partial charge in [-0.25, -0.2) is 13.1 Å². The molecule has 1 unspecified atom stereocenters. The van der Waals surface area contributed by atoms with Gasteiger partial charge in [0.1, 0.15) is 0 Å². The van der Waals surface area contributed by atoms with Gasteiger partial charge in [-0.05, 0) is 37.0 Å². The third-order valence-corrected chi connectivity index (χ3v) is 6.04. The number of sulfonamides is 1. The van der Waals surface area contributed by atoms with Gasteiger partial charge in [0.05, 0.1) is 11.4 Å². The Balaban J connectivity index is 2.48. The number of hydrogen-bond donors (Lipinski definition) is 2.